The lowest BCUT2D eigenvalue weighted by molar-refractivity contribution is -0.120. The minimum Gasteiger partial charge on any atom is -0.325 e. The van der Waals surface area contributed by atoms with Crippen molar-refractivity contribution in [1.29, 1.82) is 0 Å². The van der Waals surface area contributed by atoms with Gasteiger partial charge in [0.25, 0.3) is 0 Å². The van der Waals surface area contributed by atoms with Gasteiger partial charge >= 0.3 is 0 Å². The molecule has 2 aromatic carbocycles. The van der Waals surface area contributed by atoms with E-state index in [1.807, 2.05) is 44.3 Å². The van der Waals surface area contributed by atoms with Gasteiger partial charge in [0.15, 0.2) is 0 Å². The molecule has 0 radical (unpaired) electrons. The van der Waals surface area contributed by atoms with Crippen LogP contribution >= 0.6 is 0 Å². The van der Waals surface area contributed by atoms with Crippen molar-refractivity contribution in [3.63, 3.8) is 0 Å². The number of carbonyl (C=O) groups excluding carboxylic acids is 1. The highest BCUT2D eigenvalue weighted by atomic mass is 16.2. The number of nitrogens with one attached hydrogen (secondary N) is 1. The molecule has 3 nitrogen and oxygen atoms in total. The molecule has 1 atom stereocenters. The fourth-order valence-electron chi connectivity index (χ4n) is 2.32. The maximum Gasteiger partial charge on any atom is 0.241 e. The van der Waals surface area contributed by atoms with E-state index in [1.54, 1.807) is 0 Å². The van der Waals surface area contributed by atoms with Gasteiger partial charge in [0.05, 0.1) is 6.04 Å². The minimum absolute atomic E-state index is 0.0453. The Balaban J connectivity index is 2.03. The number of hydrogen-bond acceptors (Lipinski definition) is 2. The summed E-state index contributed by atoms with van der Waals surface area (Å²) in [7, 11) is 2.00. The monoisotopic (exact) mass is 284 g/mol. The van der Waals surface area contributed by atoms with Crippen molar-refractivity contribution in [2.75, 3.05) is 18.9 Å². The summed E-state index contributed by atoms with van der Waals surface area (Å²) < 4.78 is 0. The van der Waals surface area contributed by atoms with Crippen LogP contribution in [0.2, 0.25) is 0 Å². The molecule has 0 saturated heterocycles. The standard InChI is InChI=1S/C18H24N2O/c1-4-5-12-20(3)14(2)18(21)19-17-11-10-15-8-6-7-9-16(15)13-17/h6-11,13-14H,4-5,12H2,1-3H3,(H,19,21). The first-order valence-electron chi connectivity index (χ1n) is 7.61. The summed E-state index contributed by atoms with van der Waals surface area (Å²) in [6, 6.07) is 14.1. The molecule has 2 aromatic rings. The first-order chi connectivity index (χ1) is 10.1. The number of carbonyl (C=O) groups is 1. The SMILES string of the molecule is CCCCN(C)C(C)C(=O)Nc1ccc2ccccc2c1. The van der Waals surface area contributed by atoms with E-state index in [9.17, 15) is 4.79 Å². The van der Waals surface area contributed by atoms with Crippen LogP contribution < -0.4 is 5.32 Å². The summed E-state index contributed by atoms with van der Waals surface area (Å²) in [5.74, 6) is 0.0453. The van der Waals surface area contributed by atoms with Gasteiger partial charge in [0, 0.05) is 5.69 Å². The summed E-state index contributed by atoms with van der Waals surface area (Å²) in [5, 5.41) is 5.34. The maximum atomic E-state index is 12.3. The number of fused-ring (bicyclic) bond motifs is 1. The van der Waals surface area contributed by atoms with Crippen molar-refractivity contribution in [2.24, 2.45) is 0 Å². The molecule has 1 amide bonds. The molecule has 0 spiro atoms. The van der Waals surface area contributed by atoms with Crippen LogP contribution in [0.4, 0.5) is 5.69 Å². The van der Waals surface area contributed by atoms with Crippen molar-refractivity contribution < 1.29 is 4.79 Å². The van der Waals surface area contributed by atoms with E-state index < -0.39 is 0 Å². The molecule has 21 heavy (non-hydrogen) atoms. The Bertz CT molecular complexity index is 609. The lowest BCUT2D eigenvalue weighted by atomic mass is 10.1. The molecule has 112 valence electrons. The quantitative estimate of drug-likeness (QED) is 0.872. The van der Waals surface area contributed by atoms with Gasteiger partial charge in [-0.05, 0) is 49.8 Å². The Hall–Kier alpha value is -1.87. The molecule has 0 aliphatic rings. The zero-order chi connectivity index (χ0) is 15.2. The van der Waals surface area contributed by atoms with Crippen LogP contribution in [0, 0.1) is 0 Å². The molecule has 3 heteroatoms. The van der Waals surface area contributed by atoms with Crippen LogP contribution in [0.3, 0.4) is 0 Å². The average molecular weight is 284 g/mol. The summed E-state index contributed by atoms with van der Waals surface area (Å²) in [5.41, 5.74) is 0.856. The van der Waals surface area contributed by atoms with E-state index in [-0.39, 0.29) is 11.9 Å². The zero-order valence-corrected chi connectivity index (χ0v) is 13.1. The topological polar surface area (TPSA) is 32.3 Å². The third-order valence-corrected chi connectivity index (χ3v) is 3.92. The zero-order valence-electron chi connectivity index (χ0n) is 13.1. The Morgan fingerprint density at radius 2 is 1.90 bits per heavy atom. The molecule has 0 aromatic heterocycles. The van der Waals surface area contributed by atoms with E-state index in [0.29, 0.717) is 0 Å². The molecule has 0 heterocycles. The summed E-state index contributed by atoms with van der Waals surface area (Å²) >= 11 is 0. The number of benzene rings is 2. The van der Waals surface area contributed by atoms with Gasteiger partial charge in [0.2, 0.25) is 5.91 Å². The first kappa shape index (κ1) is 15.5. The van der Waals surface area contributed by atoms with Gasteiger partial charge in [-0.15, -0.1) is 0 Å². The molecule has 0 aliphatic carbocycles. The number of likely N-dealkylation sites (N-methyl/N-ethyl adjacent to an activating group) is 1. The highest BCUT2D eigenvalue weighted by molar-refractivity contribution is 5.97. The van der Waals surface area contributed by atoms with Crippen LogP contribution in [0.5, 0.6) is 0 Å². The largest absolute Gasteiger partial charge is 0.325 e. The number of hydrogen-bond donors (Lipinski definition) is 1. The third-order valence-electron chi connectivity index (χ3n) is 3.92. The normalized spacial score (nSPS) is 12.6. The van der Waals surface area contributed by atoms with E-state index in [4.69, 9.17) is 0 Å². The predicted octanol–water partition coefficient (Wildman–Crippen LogP) is 3.90. The second-order valence-corrected chi connectivity index (χ2v) is 5.56. The van der Waals surface area contributed by atoms with Crippen molar-refractivity contribution in [3.05, 3.63) is 42.5 Å². The number of nitrogens with zero attached hydrogens (tertiary/aromatic N) is 1. The van der Waals surface area contributed by atoms with Crippen LogP contribution in [0.15, 0.2) is 42.5 Å². The highest BCUT2D eigenvalue weighted by Crippen LogP contribution is 2.19. The summed E-state index contributed by atoms with van der Waals surface area (Å²) in [4.78, 5) is 14.4. The highest BCUT2D eigenvalue weighted by Gasteiger charge is 2.17. The predicted molar refractivity (Wildman–Crippen MR) is 89.6 cm³/mol. The smallest absolute Gasteiger partial charge is 0.241 e. The Kier molecular flexibility index (Phi) is 5.34. The third kappa shape index (κ3) is 4.05. The molecule has 1 N–H and O–H groups in total. The van der Waals surface area contributed by atoms with Gasteiger partial charge in [-0.2, -0.15) is 0 Å². The van der Waals surface area contributed by atoms with Gasteiger partial charge in [0.1, 0.15) is 0 Å². The number of rotatable bonds is 6. The molecular formula is C18H24N2O. The number of amides is 1. The van der Waals surface area contributed by atoms with Crippen LogP contribution in [-0.2, 0) is 4.79 Å². The van der Waals surface area contributed by atoms with E-state index in [1.165, 1.54) is 5.39 Å². The summed E-state index contributed by atoms with van der Waals surface area (Å²) in [6.07, 6.45) is 2.26. The molecule has 0 aliphatic heterocycles. The van der Waals surface area contributed by atoms with E-state index >= 15 is 0 Å². The van der Waals surface area contributed by atoms with Crippen molar-refractivity contribution in [1.82, 2.24) is 4.90 Å². The van der Waals surface area contributed by atoms with Gasteiger partial charge in [-0.3, -0.25) is 9.69 Å². The lowest BCUT2D eigenvalue weighted by Gasteiger charge is -2.23. The molecular weight excluding hydrogens is 260 g/mol. The van der Waals surface area contributed by atoms with Crippen LogP contribution in [-0.4, -0.2) is 30.4 Å². The van der Waals surface area contributed by atoms with Crippen LogP contribution in [0.1, 0.15) is 26.7 Å². The Morgan fingerprint density at radius 3 is 2.62 bits per heavy atom. The fraction of sp³-hybridized carbons (Fsp3) is 0.389. The lowest BCUT2D eigenvalue weighted by Crippen LogP contribution is -2.40. The minimum atomic E-state index is -0.122. The Labute approximate surface area is 127 Å². The van der Waals surface area contributed by atoms with Crippen LogP contribution in [0.25, 0.3) is 10.8 Å². The van der Waals surface area contributed by atoms with Crippen molar-refractivity contribution >= 4 is 22.4 Å². The second kappa shape index (κ2) is 7.23. The average Bonchev–Trinajstić information content (AvgIpc) is 2.51. The van der Waals surface area contributed by atoms with Crippen molar-refractivity contribution in [3.8, 4) is 0 Å². The second-order valence-electron chi connectivity index (χ2n) is 5.56. The van der Waals surface area contributed by atoms with Gasteiger partial charge in [-0.1, -0.05) is 43.7 Å². The number of unbranched alkanes of at least 4 members (excludes halogenated alkanes) is 1. The molecule has 0 saturated carbocycles. The van der Waals surface area contributed by atoms with Gasteiger partial charge < -0.3 is 5.32 Å². The fourth-order valence-corrected chi connectivity index (χ4v) is 2.32. The molecule has 0 bridgehead atoms. The first-order valence-corrected chi connectivity index (χ1v) is 7.61. The molecule has 0 fully saturated rings. The number of anilines is 1. The van der Waals surface area contributed by atoms with E-state index in [0.717, 1.165) is 30.5 Å². The summed E-state index contributed by atoms with van der Waals surface area (Å²) in [6.45, 7) is 5.06. The van der Waals surface area contributed by atoms with Gasteiger partial charge in [-0.25, -0.2) is 0 Å². The Morgan fingerprint density at radius 1 is 1.19 bits per heavy atom. The molecule has 1 unspecified atom stereocenters. The maximum absolute atomic E-state index is 12.3. The van der Waals surface area contributed by atoms with E-state index in [2.05, 4.69) is 29.3 Å². The molecule has 2 rings (SSSR count). The van der Waals surface area contributed by atoms with Crippen molar-refractivity contribution in [2.45, 2.75) is 32.7 Å².